The molecule has 27 heavy (non-hydrogen) atoms. The van der Waals surface area contributed by atoms with Crippen molar-refractivity contribution in [3.05, 3.63) is 53.9 Å². The number of benzene rings is 1. The van der Waals surface area contributed by atoms with Crippen LogP contribution >= 0.6 is 0 Å². The zero-order valence-corrected chi connectivity index (χ0v) is 16.1. The number of carbonyl (C=O) groups is 1. The number of aromatic amines is 1. The molecule has 2 aromatic rings. The minimum atomic E-state index is 0.288. The number of piperidine rings is 2. The number of amides is 1. The van der Waals surface area contributed by atoms with Gasteiger partial charge >= 0.3 is 0 Å². The molecule has 1 atom stereocenters. The fourth-order valence-electron chi connectivity index (χ4n) is 4.86. The first-order valence-electron chi connectivity index (χ1n) is 10.2. The highest BCUT2D eigenvalue weighted by Gasteiger charge is 2.40. The number of aromatic nitrogens is 2. The molecule has 5 nitrogen and oxygen atoms in total. The van der Waals surface area contributed by atoms with Gasteiger partial charge in [0.2, 0.25) is 5.91 Å². The van der Waals surface area contributed by atoms with Gasteiger partial charge in [-0.05, 0) is 49.8 Å². The topological polar surface area (TPSA) is 52.2 Å². The van der Waals surface area contributed by atoms with Crippen molar-refractivity contribution in [2.24, 2.45) is 5.41 Å². The molecular formula is C22H30N4O. The Hall–Kier alpha value is -2.14. The van der Waals surface area contributed by atoms with Gasteiger partial charge < -0.3 is 4.90 Å². The van der Waals surface area contributed by atoms with Crippen molar-refractivity contribution in [2.45, 2.75) is 45.1 Å². The van der Waals surface area contributed by atoms with Crippen molar-refractivity contribution in [2.75, 3.05) is 26.2 Å². The maximum Gasteiger partial charge on any atom is 0.222 e. The quantitative estimate of drug-likeness (QED) is 0.884. The number of rotatable bonds is 5. The van der Waals surface area contributed by atoms with Crippen LogP contribution in [0.3, 0.4) is 0 Å². The summed E-state index contributed by atoms with van der Waals surface area (Å²) >= 11 is 0. The molecule has 0 aliphatic carbocycles. The fraction of sp³-hybridized carbons (Fsp3) is 0.545. The molecule has 3 heterocycles. The zero-order chi connectivity index (χ0) is 18.5. The van der Waals surface area contributed by atoms with Gasteiger partial charge in [-0.25, -0.2) is 0 Å². The van der Waals surface area contributed by atoms with Gasteiger partial charge in [0.05, 0.1) is 6.20 Å². The molecule has 2 saturated heterocycles. The molecule has 2 aliphatic heterocycles. The normalized spacial score (nSPS) is 23.6. The van der Waals surface area contributed by atoms with Crippen molar-refractivity contribution < 1.29 is 4.79 Å². The van der Waals surface area contributed by atoms with Gasteiger partial charge in [0.1, 0.15) is 0 Å². The van der Waals surface area contributed by atoms with E-state index < -0.39 is 0 Å². The number of carbonyl (C=O) groups excluding carboxylic acids is 1. The van der Waals surface area contributed by atoms with Gasteiger partial charge in [-0.15, -0.1) is 0 Å². The maximum absolute atomic E-state index is 12.8. The predicted octanol–water partition coefficient (Wildman–Crippen LogP) is 3.25. The Kier molecular flexibility index (Phi) is 5.58. The molecule has 2 aliphatic rings. The fourth-order valence-corrected chi connectivity index (χ4v) is 4.86. The van der Waals surface area contributed by atoms with Crippen LogP contribution in [-0.4, -0.2) is 52.1 Å². The Labute approximate surface area is 161 Å². The van der Waals surface area contributed by atoms with Gasteiger partial charge in [0.25, 0.3) is 0 Å². The molecular weight excluding hydrogens is 336 g/mol. The van der Waals surface area contributed by atoms with Crippen LogP contribution < -0.4 is 0 Å². The zero-order valence-electron chi connectivity index (χ0n) is 16.1. The van der Waals surface area contributed by atoms with Crippen LogP contribution in [0, 0.1) is 5.41 Å². The average molecular weight is 367 g/mol. The molecule has 0 saturated carbocycles. The number of H-pyrrole nitrogens is 1. The van der Waals surface area contributed by atoms with E-state index in [2.05, 4.69) is 50.3 Å². The molecule has 1 amide bonds. The second kappa shape index (κ2) is 8.26. The Morgan fingerprint density at radius 1 is 1.07 bits per heavy atom. The summed E-state index contributed by atoms with van der Waals surface area (Å²) in [6.07, 6.45) is 9.94. The lowest BCUT2D eigenvalue weighted by molar-refractivity contribution is -0.136. The molecule has 1 aromatic heterocycles. The van der Waals surface area contributed by atoms with Crippen molar-refractivity contribution in [3.63, 3.8) is 0 Å². The predicted molar refractivity (Wildman–Crippen MR) is 106 cm³/mol. The molecule has 1 N–H and O–H groups in total. The highest BCUT2D eigenvalue weighted by atomic mass is 16.2. The van der Waals surface area contributed by atoms with E-state index in [0.717, 1.165) is 44.6 Å². The number of nitrogens with one attached hydrogen (secondary N) is 1. The first kappa shape index (κ1) is 18.2. The number of hydrogen-bond donors (Lipinski definition) is 1. The lowest BCUT2D eigenvalue weighted by atomic mass is 9.73. The highest BCUT2D eigenvalue weighted by molar-refractivity contribution is 5.76. The van der Waals surface area contributed by atoms with E-state index >= 15 is 0 Å². The molecule has 5 heteroatoms. The van der Waals surface area contributed by atoms with E-state index in [1.165, 1.54) is 31.4 Å². The van der Waals surface area contributed by atoms with Crippen molar-refractivity contribution in [3.8, 4) is 0 Å². The van der Waals surface area contributed by atoms with Crippen LogP contribution in [0.5, 0.6) is 0 Å². The van der Waals surface area contributed by atoms with E-state index in [0.29, 0.717) is 12.3 Å². The van der Waals surface area contributed by atoms with Gasteiger partial charge in [0.15, 0.2) is 0 Å². The number of nitrogens with zero attached hydrogens (tertiary/aromatic N) is 3. The minimum absolute atomic E-state index is 0.288. The molecule has 1 spiro atoms. The lowest BCUT2D eigenvalue weighted by Crippen LogP contribution is -2.53. The number of aryl methyl sites for hydroxylation is 1. The van der Waals surface area contributed by atoms with E-state index in [-0.39, 0.29) is 5.41 Å². The Morgan fingerprint density at radius 2 is 1.89 bits per heavy atom. The maximum atomic E-state index is 12.8. The summed E-state index contributed by atoms with van der Waals surface area (Å²) in [6, 6.07) is 10.8. The van der Waals surface area contributed by atoms with Gasteiger partial charge in [-0.2, -0.15) is 5.10 Å². The average Bonchev–Trinajstić information content (AvgIpc) is 3.21. The summed E-state index contributed by atoms with van der Waals surface area (Å²) in [7, 11) is 0. The van der Waals surface area contributed by atoms with E-state index in [1.54, 1.807) is 0 Å². The van der Waals surface area contributed by atoms with Gasteiger partial charge in [-0.1, -0.05) is 30.3 Å². The van der Waals surface area contributed by atoms with Crippen LogP contribution in [-0.2, 0) is 17.8 Å². The largest absolute Gasteiger partial charge is 0.342 e. The number of likely N-dealkylation sites (tertiary alicyclic amines) is 2. The van der Waals surface area contributed by atoms with E-state index in [4.69, 9.17) is 0 Å². The van der Waals surface area contributed by atoms with Gasteiger partial charge in [-0.3, -0.25) is 14.8 Å². The Morgan fingerprint density at radius 3 is 2.67 bits per heavy atom. The number of hydrogen-bond acceptors (Lipinski definition) is 3. The first-order chi connectivity index (χ1) is 13.2. The molecule has 1 unspecified atom stereocenters. The SMILES string of the molecule is O=C(CCc1cn[nH]c1)N1CCCC2(CCCN(Cc3ccccc3)C2)C1. The van der Waals surface area contributed by atoms with Crippen LogP contribution in [0.15, 0.2) is 42.7 Å². The second-order valence-electron chi connectivity index (χ2n) is 8.33. The van der Waals surface area contributed by atoms with E-state index in [1.807, 2.05) is 12.4 Å². The molecule has 144 valence electrons. The first-order valence-corrected chi connectivity index (χ1v) is 10.2. The molecule has 2 fully saturated rings. The summed E-state index contributed by atoms with van der Waals surface area (Å²) < 4.78 is 0. The summed E-state index contributed by atoms with van der Waals surface area (Å²) in [6.45, 7) is 5.17. The summed E-state index contributed by atoms with van der Waals surface area (Å²) in [5.41, 5.74) is 2.79. The third-order valence-electron chi connectivity index (χ3n) is 6.19. The standard InChI is InChI=1S/C22H30N4O/c27-21(9-8-20-14-23-24-15-20)26-13-5-11-22(18-26)10-4-12-25(17-22)16-19-6-2-1-3-7-19/h1-3,6-7,14-15H,4-5,8-13,16-18H2,(H,23,24). The minimum Gasteiger partial charge on any atom is -0.342 e. The Bertz CT molecular complexity index is 726. The lowest BCUT2D eigenvalue weighted by Gasteiger charge is -2.48. The third kappa shape index (κ3) is 4.59. The van der Waals surface area contributed by atoms with Crippen molar-refractivity contribution in [1.82, 2.24) is 20.0 Å². The third-order valence-corrected chi connectivity index (χ3v) is 6.19. The molecule has 0 bridgehead atoms. The van der Waals surface area contributed by atoms with Crippen molar-refractivity contribution >= 4 is 5.91 Å². The summed E-state index contributed by atoms with van der Waals surface area (Å²) in [5.74, 6) is 0.301. The van der Waals surface area contributed by atoms with Gasteiger partial charge in [0, 0.05) is 44.2 Å². The summed E-state index contributed by atoms with van der Waals surface area (Å²) in [4.78, 5) is 17.5. The monoisotopic (exact) mass is 366 g/mol. The second-order valence-corrected chi connectivity index (χ2v) is 8.33. The smallest absolute Gasteiger partial charge is 0.222 e. The van der Waals surface area contributed by atoms with Crippen LogP contribution in [0.2, 0.25) is 0 Å². The van der Waals surface area contributed by atoms with Crippen LogP contribution in [0.1, 0.15) is 43.2 Å². The molecule has 0 radical (unpaired) electrons. The molecule has 4 rings (SSSR count). The molecule has 1 aromatic carbocycles. The van der Waals surface area contributed by atoms with E-state index in [9.17, 15) is 4.79 Å². The van der Waals surface area contributed by atoms with Crippen molar-refractivity contribution in [1.29, 1.82) is 0 Å². The highest BCUT2D eigenvalue weighted by Crippen LogP contribution is 2.39. The van der Waals surface area contributed by atoms with Crippen LogP contribution in [0.25, 0.3) is 0 Å². The Balaban J connectivity index is 1.35. The van der Waals surface area contributed by atoms with Crippen LogP contribution in [0.4, 0.5) is 0 Å². The summed E-state index contributed by atoms with van der Waals surface area (Å²) in [5, 5.41) is 6.79.